The van der Waals surface area contributed by atoms with Crippen molar-refractivity contribution < 1.29 is 4.79 Å². The third-order valence-corrected chi connectivity index (χ3v) is 2.57. The molecule has 0 saturated carbocycles. The van der Waals surface area contributed by atoms with E-state index in [-0.39, 0.29) is 11.3 Å². The van der Waals surface area contributed by atoms with E-state index in [4.69, 9.17) is 0 Å². The zero-order valence-corrected chi connectivity index (χ0v) is 10.7. The van der Waals surface area contributed by atoms with Gasteiger partial charge in [0.1, 0.15) is 0 Å². The van der Waals surface area contributed by atoms with Crippen LogP contribution in [0.5, 0.6) is 0 Å². The van der Waals surface area contributed by atoms with Crippen LogP contribution in [0.2, 0.25) is 0 Å². The maximum atomic E-state index is 11.9. The van der Waals surface area contributed by atoms with Gasteiger partial charge in [-0.2, -0.15) is 5.10 Å². The number of nitrogens with one attached hydrogen (secondary N) is 2. The molecule has 18 heavy (non-hydrogen) atoms. The zero-order chi connectivity index (χ0) is 13.2. The summed E-state index contributed by atoms with van der Waals surface area (Å²) in [5.41, 5.74) is 1.52. The third kappa shape index (κ3) is 2.74. The molecule has 0 aliphatic carbocycles. The summed E-state index contributed by atoms with van der Waals surface area (Å²) in [5, 5.41) is 9.74. The number of hydrogen-bond acceptors (Lipinski definition) is 3. The van der Waals surface area contributed by atoms with E-state index in [2.05, 4.69) is 41.3 Å². The van der Waals surface area contributed by atoms with Crippen LogP contribution in [0.25, 0.3) is 0 Å². The van der Waals surface area contributed by atoms with Crippen molar-refractivity contribution >= 4 is 11.7 Å². The van der Waals surface area contributed by atoms with Crippen molar-refractivity contribution in [2.75, 3.05) is 5.32 Å². The lowest BCUT2D eigenvalue weighted by atomic mass is 9.92. The number of hydrogen-bond donors (Lipinski definition) is 2. The Morgan fingerprint density at radius 2 is 1.94 bits per heavy atom. The van der Waals surface area contributed by atoms with Crippen LogP contribution in [0.1, 0.15) is 36.8 Å². The predicted octanol–water partition coefficient (Wildman–Crippen LogP) is 2.35. The molecule has 0 fully saturated rings. The smallest absolute Gasteiger partial charge is 0.256 e. The molecule has 0 spiro atoms. The first-order valence-corrected chi connectivity index (χ1v) is 5.74. The monoisotopic (exact) mass is 244 g/mol. The van der Waals surface area contributed by atoms with Gasteiger partial charge in [-0.1, -0.05) is 20.8 Å². The molecule has 5 nitrogen and oxygen atoms in total. The van der Waals surface area contributed by atoms with Gasteiger partial charge in [-0.05, 0) is 12.1 Å². The van der Waals surface area contributed by atoms with Crippen LogP contribution in [-0.4, -0.2) is 21.1 Å². The van der Waals surface area contributed by atoms with Gasteiger partial charge in [-0.3, -0.25) is 14.9 Å². The van der Waals surface area contributed by atoms with E-state index in [1.807, 2.05) is 6.07 Å². The van der Waals surface area contributed by atoms with Gasteiger partial charge in [0, 0.05) is 35.1 Å². The Balaban J connectivity index is 2.11. The minimum Gasteiger partial charge on any atom is -0.305 e. The molecule has 2 aromatic heterocycles. The molecule has 0 saturated heterocycles. The number of pyridine rings is 1. The molecular formula is C13H16N4O. The van der Waals surface area contributed by atoms with Crippen LogP contribution in [0.3, 0.4) is 0 Å². The van der Waals surface area contributed by atoms with Crippen LogP contribution >= 0.6 is 0 Å². The molecule has 0 atom stereocenters. The highest BCUT2D eigenvalue weighted by atomic mass is 16.1. The summed E-state index contributed by atoms with van der Waals surface area (Å²) >= 11 is 0. The van der Waals surface area contributed by atoms with Crippen molar-refractivity contribution in [2.45, 2.75) is 26.2 Å². The number of anilines is 1. The van der Waals surface area contributed by atoms with Gasteiger partial charge < -0.3 is 5.32 Å². The van der Waals surface area contributed by atoms with Gasteiger partial charge in [0.15, 0.2) is 5.82 Å². The highest BCUT2D eigenvalue weighted by Gasteiger charge is 2.17. The van der Waals surface area contributed by atoms with Gasteiger partial charge in [0.2, 0.25) is 0 Å². The second kappa shape index (κ2) is 4.60. The molecule has 0 unspecified atom stereocenters. The van der Waals surface area contributed by atoms with Crippen LogP contribution in [0.15, 0.2) is 30.6 Å². The van der Waals surface area contributed by atoms with Crippen LogP contribution in [0.4, 0.5) is 5.82 Å². The van der Waals surface area contributed by atoms with E-state index in [0.29, 0.717) is 11.4 Å². The predicted molar refractivity (Wildman–Crippen MR) is 69.5 cm³/mol. The first-order valence-electron chi connectivity index (χ1n) is 5.74. The van der Waals surface area contributed by atoms with Crippen molar-refractivity contribution in [2.24, 2.45) is 0 Å². The van der Waals surface area contributed by atoms with E-state index < -0.39 is 0 Å². The number of nitrogens with zero attached hydrogens (tertiary/aromatic N) is 2. The van der Waals surface area contributed by atoms with Crippen LogP contribution in [0, 0.1) is 0 Å². The molecule has 1 amide bonds. The van der Waals surface area contributed by atoms with Gasteiger partial charge in [0.05, 0.1) is 0 Å². The first kappa shape index (κ1) is 12.3. The lowest BCUT2D eigenvalue weighted by Crippen LogP contribution is -2.12. The Kier molecular flexibility index (Phi) is 3.14. The van der Waals surface area contributed by atoms with Gasteiger partial charge >= 0.3 is 0 Å². The number of amides is 1. The maximum Gasteiger partial charge on any atom is 0.256 e. The summed E-state index contributed by atoms with van der Waals surface area (Å²) in [4.78, 5) is 15.7. The number of aromatic nitrogens is 3. The summed E-state index contributed by atoms with van der Waals surface area (Å²) in [6, 6.07) is 5.17. The minimum absolute atomic E-state index is 0.0212. The van der Waals surface area contributed by atoms with Gasteiger partial charge in [-0.15, -0.1) is 0 Å². The molecular weight excluding hydrogens is 228 g/mol. The molecule has 2 aromatic rings. The molecule has 0 radical (unpaired) electrons. The fourth-order valence-electron chi connectivity index (χ4n) is 1.46. The summed E-state index contributed by atoms with van der Waals surface area (Å²) in [6.45, 7) is 6.24. The van der Waals surface area contributed by atoms with Crippen LogP contribution < -0.4 is 5.32 Å². The van der Waals surface area contributed by atoms with E-state index in [9.17, 15) is 4.79 Å². The van der Waals surface area contributed by atoms with Crippen molar-refractivity contribution in [1.29, 1.82) is 0 Å². The summed E-state index contributed by atoms with van der Waals surface area (Å²) in [6.07, 6.45) is 3.17. The summed E-state index contributed by atoms with van der Waals surface area (Å²) in [5.74, 6) is 0.339. The van der Waals surface area contributed by atoms with Crippen molar-refractivity contribution in [3.8, 4) is 0 Å². The quantitative estimate of drug-likeness (QED) is 0.851. The molecule has 2 N–H and O–H groups in total. The average Bonchev–Trinajstić information content (AvgIpc) is 2.78. The largest absolute Gasteiger partial charge is 0.305 e. The SMILES string of the molecule is CC(C)(C)c1cc(NC(=O)c2ccncc2)n[nH]1. The fourth-order valence-corrected chi connectivity index (χ4v) is 1.46. The second-order valence-corrected chi connectivity index (χ2v) is 5.11. The van der Waals surface area contributed by atoms with Crippen molar-refractivity contribution in [1.82, 2.24) is 15.2 Å². The fraction of sp³-hybridized carbons (Fsp3) is 0.308. The van der Waals surface area contributed by atoms with Gasteiger partial charge in [0.25, 0.3) is 5.91 Å². The third-order valence-electron chi connectivity index (χ3n) is 2.57. The Bertz CT molecular complexity index is 540. The Hall–Kier alpha value is -2.17. The zero-order valence-electron chi connectivity index (χ0n) is 10.7. The number of rotatable bonds is 2. The Morgan fingerprint density at radius 1 is 1.28 bits per heavy atom. The van der Waals surface area contributed by atoms with E-state index in [1.165, 1.54) is 0 Å². The van der Waals surface area contributed by atoms with E-state index in [0.717, 1.165) is 5.69 Å². The molecule has 0 aromatic carbocycles. The first-order chi connectivity index (χ1) is 8.47. The Labute approximate surface area is 106 Å². The second-order valence-electron chi connectivity index (χ2n) is 5.11. The molecule has 0 aliphatic rings. The standard InChI is InChI=1S/C13H16N4O/c1-13(2,3)10-8-11(17-16-10)15-12(18)9-4-6-14-7-5-9/h4-8H,1-3H3,(H2,15,16,17,18). The lowest BCUT2D eigenvalue weighted by molar-refractivity contribution is 0.102. The summed E-state index contributed by atoms with van der Waals surface area (Å²) in [7, 11) is 0. The number of aromatic amines is 1. The minimum atomic E-state index is -0.190. The molecule has 5 heteroatoms. The number of carbonyl (C=O) groups excluding carboxylic acids is 1. The normalized spacial score (nSPS) is 11.3. The molecule has 0 bridgehead atoms. The maximum absolute atomic E-state index is 11.9. The highest BCUT2D eigenvalue weighted by molar-refractivity contribution is 6.03. The molecule has 2 heterocycles. The Morgan fingerprint density at radius 3 is 2.50 bits per heavy atom. The van der Waals surface area contributed by atoms with Crippen molar-refractivity contribution in [3.05, 3.63) is 41.9 Å². The van der Waals surface area contributed by atoms with E-state index in [1.54, 1.807) is 24.5 Å². The topological polar surface area (TPSA) is 70.7 Å². The number of H-pyrrole nitrogens is 1. The highest BCUT2D eigenvalue weighted by Crippen LogP contribution is 2.22. The molecule has 94 valence electrons. The summed E-state index contributed by atoms with van der Waals surface area (Å²) < 4.78 is 0. The molecule has 2 rings (SSSR count). The number of carbonyl (C=O) groups is 1. The lowest BCUT2D eigenvalue weighted by Gasteiger charge is -2.14. The van der Waals surface area contributed by atoms with Gasteiger partial charge in [-0.25, -0.2) is 0 Å². The average molecular weight is 244 g/mol. The molecule has 0 aliphatic heterocycles. The van der Waals surface area contributed by atoms with E-state index >= 15 is 0 Å². The van der Waals surface area contributed by atoms with Crippen LogP contribution in [-0.2, 0) is 5.41 Å². The van der Waals surface area contributed by atoms with Crippen molar-refractivity contribution in [3.63, 3.8) is 0 Å².